The van der Waals surface area contributed by atoms with Gasteiger partial charge >= 0.3 is 0 Å². The number of hydrogen-bond acceptors (Lipinski definition) is 5. The fraction of sp³-hybridized carbons (Fsp3) is 0.444. The summed E-state index contributed by atoms with van der Waals surface area (Å²) in [7, 11) is 0. The predicted molar refractivity (Wildman–Crippen MR) is 96.8 cm³/mol. The van der Waals surface area contributed by atoms with E-state index in [4.69, 9.17) is 0 Å². The zero-order chi connectivity index (χ0) is 17.2. The van der Waals surface area contributed by atoms with E-state index in [1.54, 1.807) is 17.5 Å². The van der Waals surface area contributed by atoms with Crippen molar-refractivity contribution in [3.8, 4) is 0 Å². The van der Waals surface area contributed by atoms with Crippen LogP contribution in [0.5, 0.6) is 0 Å². The highest BCUT2D eigenvalue weighted by atomic mass is 32.1. The van der Waals surface area contributed by atoms with Crippen LogP contribution in [0.3, 0.4) is 0 Å². The smallest absolute Gasteiger partial charge is 0.252 e. The largest absolute Gasteiger partial charge is 0.386 e. The number of nitrogens with zero attached hydrogens (tertiary/aromatic N) is 2. The lowest BCUT2D eigenvalue weighted by molar-refractivity contribution is 0.0576. The molecule has 128 valence electrons. The van der Waals surface area contributed by atoms with Crippen molar-refractivity contribution in [3.63, 3.8) is 0 Å². The molecule has 6 heteroatoms. The predicted octanol–water partition coefficient (Wildman–Crippen LogP) is 2.64. The van der Waals surface area contributed by atoms with Crippen LogP contribution in [0.1, 0.15) is 41.4 Å². The van der Waals surface area contributed by atoms with Crippen LogP contribution in [0.4, 0.5) is 5.82 Å². The summed E-state index contributed by atoms with van der Waals surface area (Å²) in [5.74, 6) is 1.16. The van der Waals surface area contributed by atoms with Crippen LogP contribution in [0.15, 0.2) is 35.8 Å². The van der Waals surface area contributed by atoms with Crippen LogP contribution in [0, 0.1) is 0 Å². The molecule has 0 aromatic carbocycles. The summed E-state index contributed by atoms with van der Waals surface area (Å²) >= 11 is 1.60. The molecule has 1 amide bonds. The number of nitrogens with one attached hydrogen (secondary N) is 1. The summed E-state index contributed by atoms with van der Waals surface area (Å²) < 4.78 is 0. The first kappa shape index (κ1) is 16.9. The van der Waals surface area contributed by atoms with Gasteiger partial charge in [0.25, 0.3) is 5.91 Å². The Morgan fingerprint density at radius 3 is 3.00 bits per heavy atom. The second-order valence-electron chi connectivity index (χ2n) is 6.66. The molecule has 2 aromatic heterocycles. The fourth-order valence-electron chi connectivity index (χ4n) is 2.86. The first-order valence-corrected chi connectivity index (χ1v) is 9.10. The van der Waals surface area contributed by atoms with Crippen molar-refractivity contribution in [2.75, 3.05) is 24.5 Å². The molecule has 2 aromatic rings. The average molecular weight is 345 g/mol. The van der Waals surface area contributed by atoms with Crippen LogP contribution >= 0.6 is 11.3 Å². The van der Waals surface area contributed by atoms with Crippen molar-refractivity contribution in [1.29, 1.82) is 0 Å². The van der Waals surface area contributed by atoms with Gasteiger partial charge in [0, 0.05) is 36.1 Å². The maximum atomic E-state index is 12.3. The van der Waals surface area contributed by atoms with Gasteiger partial charge in [0.2, 0.25) is 0 Å². The van der Waals surface area contributed by atoms with E-state index < -0.39 is 5.60 Å². The Balaban J connectivity index is 1.57. The van der Waals surface area contributed by atoms with E-state index >= 15 is 0 Å². The van der Waals surface area contributed by atoms with Crippen molar-refractivity contribution >= 4 is 23.1 Å². The molecule has 2 N–H and O–H groups in total. The van der Waals surface area contributed by atoms with Crippen LogP contribution in [0.25, 0.3) is 0 Å². The zero-order valence-corrected chi connectivity index (χ0v) is 14.8. The molecule has 0 unspecified atom stereocenters. The minimum atomic E-state index is -0.913. The molecule has 0 bridgehead atoms. The highest BCUT2D eigenvalue weighted by Gasteiger charge is 2.37. The Bertz CT molecular complexity index is 701. The van der Waals surface area contributed by atoms with E-state index in [2.05, 4.69) is 24.1 Å². The van der Waals surface area contributed by atoms with Crippen molar-refractivity contribution in [2.24, 2.45) is 0 Å². The van der Waals surface area contributed by atoms with E-state index in [0.717, 1.165) is 12.4 Å². The normalized spacial score (nSPS) is 20.6. The quantitative estimate of drug-likeness (QED) is 0.874. The van der Waals surface area contributed by atoms with Gasteiger partial charge in [-0.3, -0.25) is 4.79 Å². The number of rotatable bonds is 5. The van der Waals surface area contributed by atoms with E-state index in [1.807, 2.05) is 34.5 Å². The summed E-state index contributed by atoms with van der Waals surface area (Å²) in [6, 6.07) is 7.68. The third-order valence-electron chi connectivity index (χ3n) is 4.33. The van der Waals surface area contributed by atoms with Crippen molar-refractivity contribution < 1.29 is 9.90 Å². The van der Waals surface area contributed by atoms with Crippen LogP contribution in [0.2, 0.25) is 0 Å². The molecule has 1 aliphatic heterocycles. The lowest BCUT2D eigenvalue weighted by Gasteiger charge is -2.24. The number of β-amino-alcohol motifs (C(OH)–C–C–N with tert-alkyl or cyclic N) is 1. The molecule has 0 saturated carbocycles. The van der Waals surface area contributed by atoms with Gasteiger partial charge in [-0.25, -0.2) is 4.98 Å². The number of aliphatic hydroxyl groups is 1. The molecule has 24 heavy (non-hydrogen) atoms. The Morgan fingerprint density at radius 1 is 1.50 bits per heavy atom. The molecular formula is C18H23N3O2S. The lowest BCUT2D eigenvalue weighted by atomic mass is 10.0. The molecule has 1 saturated heterocycles. The lowest BCUT2D eigenvalue weighted by Crippen LogP contribution is -2.45. The second-order valence-corrected chi connectivity index (χ2v) is 7.60. The van der Waals surface area contributed by atoms with Gasteiger partial charge in [0.15, 0.2) is 0 Å². The van der Waals surface area contributed by atoms with Crippen molar-refractivity contribution in [3.05, 3.63) is 46.3 Å². The number of pyridine rings is 1. The number of carbonyl (C=O) groups is 1. The highest BCUT2D eigenvalue weighted by Crippen LogP contribution is 2.26. The van der Waals surface area contributed by atoms with Gasteiger partial charge in [0.05, 0.1) is 5.56 Å². The first-order chi connectivity index (χ1) is 11.5. The fourth-order valence-corrected chi connectivity index (χ4v) is 3.76. The third kappa shape index (κ3) is 3.76. The monoisotopic (exact) mass is 345 g/mol. The summed E-state index contributed by atoms with van der Waals surface area (Å²) in [5.41, 5.74) is -0.240. The van der Waals surface area contributed by atoms with Gasteiger partial charge in [-0.05, 0) is 30.5 Å². The highest BCUT2D eigenvalue weighted by molar-refractivity contribution is 7.10. The van der Waals surface area contributed by atoms with E-state index in [1.165, 1.54) is 4.88 Å². The number of hydrogen-bond donors (Lipinski definition) is 2. The minimum Gasteiger partial charge on any atom is -0.386 e. The van der Waals surface area contributed by atoms with E-state index in [0.29, 0.717) is 24.4 Å². The maximum absolute atomic E-state index is 12.3. The number of thiophene rings is 1. The van der Waals surface area contributed by atoms with Gasteiger partial charge in [-0.1, -0.05) is 19.9 Å². The molecular weight excluding hydrogens is 322 g/mol. The minimum absolute atomic E-state index is 0.122. The molecule has 1 aliphatic rings. The Kier molecular flexibility index (Phi) is 4.87. The van der Waals surface area contributed by atoms with Crippen LogP contribution in [-0.2, 0) is 0 Å². The number of aromatic nitrogens is 1. The zero-order valence-electron chi connectivity index (χ0n) is 14.0. The number of anilines is 1. The Hall–Kier alpha value is -1.92. The van der Waals surface area contributed by atoms with Gasteiger partial charge in [0.1, 0.15) is 11.4 Å². The molecule has 0 aliphatic carbocycles. The summed E-state index contributed by atoms with van der Waals surface area (Å²) in [4.78, 5) is 19.9. The van der Waals surface area contributed by atoms with E-state index in [-0.39, 0.29) is 12.5 Å². The number of amides is 1. The molecule has 3 heterocycles. The van der Waals surface area contributed by atoms with Crippen molar-refractivity contribution in [2.45, 2.75) is 31.8 Å². The number of carbonyl (C=O) groups excluding carboxylic acids is 1. The Labute approximate surface area is 146 Å². The summed E-state index contributed by atoms with van der Waals surface area (Å²) in [6.07, 6.45) is 2.36. The maximum Gasteiger partial charge on any atom is 0.252 e. The van der Waals surface area contributed by atoms with Gasteiger partial charge < -0.3 is 15.3 Å². The SMILES string of the molecule is CC(C)c1cc(C(=O)NC[C@@]2(O)CCN(c3ccccn3)C2)cs1. The topological polar surface area (TPSA) is 65.5 Å². The molecule has 1 fully saturated rings. The van der Waals surface area contributed by atoms with E-state index in [9.17, 15) is 9.90 Å². The van der Waals surface area contributed by atoms with Crippen LogP contribution in [-0.4, -0.2) is 41.2 Å². The average Bonchev–Trinajstić information content (AvgIpc) is 3.21. The van der Waals surface area contributed by atoms with Gasteiger partial charge in [-0.15, -0.1) is 11.3 Å². The molecule has 5 nitrogen and oxygen atoms in total. The molecule has 0 spiro atoms. The Morgan fingerprint density at radius 2 is 2.33 bits per heavy atom. The molecule has 1 atom stereocenters. The third-order valence-corrected chi connectivity index (χ3v) is 5.57. The molecule has 0 radical (unpaired) electrons. The standard InChI is InChI=1S/C18H23N3O2S/c1-13(2)15-9-14(10-24-15)17(22)20-11-18(23)6-8-21(12-18)16-5-3-4-7-19-16/h3-5,7,9-10,13,23H,6,8,11-12H2,1-2H3,(H,20,22)/t18-/m0/s1. The van der Waals surface area contributed by atoms with Crippen LogP contribution < -0.4 is 10.2 Å². The molecule has 3 rings (SSSR count). The van der Waals surface area contributed by atoms with Crippen molar-refractivity contribution in [1.82, 2.24) is 10.3 Å². The summed E-state index contributed by atoms with van der Waals surface area (Å²) in [6.45, 7) is 5.69. The van der Waals surface area contributed by atoms with Gasteiger partial charge in [-0.2, -0.15) is 0 Å². The second kappa shape index (κ2) is 6.91. The summed E-state index contributed by atoms with van der Waals surface area (Å²) in [5, 5.41) is 15.5. The first-order valence-electron chi connectivity index (χ1n) is 8.22.